The number of nitrogens with zero attached hydrogens (tertiary/aromatic N) is 2. The number of nitrogens with two attached hydrogens (primary N) is 1. The van der Waals surface area contributed by atoms with Crippen LogP contribution in [0.3, 0.4) is 0 Å². The Balaban J connectivity index is 1.69. The van der Waals surface area contributed by atoms with Crippen LogP contribution in [0.1, 0.15) is 46.8 Å². The average molecular weight is 484 g/mol. The van der Waals surface area contributed by atoms with Crippen LogP contribution in [0.15, 0.2) is 28.7 Å². The van der Waals surface area contributed by atoms with Crippen molar-refractivity contribution >= 4 is 23.2 Å². The number of hydrogen-bond acceptors (Lipinski definition) is 9. The van der Waals surface area contributed by atoms with Crippen molar-refractivity contribution in [2.45, 2.75) is 37.3 Å². The van der Waals surface area contributed by atoms with Gasteiger partial charge in [0.2, 0.25) is 5.78 Å². The predicted octanol–water partition coefficient (Wildman–Crippen LogP) is 1.02. The third-order valence-electron chi connectivity index (χ3n) is 8.17. The van der Waals surface area contributed by atoms with E-state index in [4.69, 9.17) is 5.73 Å². The van der Waals surface area contributed by atoms with Crippen molar-refractivity contribution < 1.29 is 34.8 Å². The lowest BCUT2D eigenvalue weighted by Crippen LogP contribution is -2.57. The number of carbonyl (C=O) groups is 3. The molecule has 10 nitrogen and oxygen atoms in total. The van der Waals surface area contributed by atoms with Gasteiger partial charge in [0.25, 0.3) is 5.91 Å². The number of phenolic OH excluding ortho intramolecular Hbond substituents is 1. The molecule has 6 N–H and O–H groups in total. The number of allylic oxidation sites excluding steroid dienone is 2. The molecule has 1 aromatic carbocycles. The molecular weight excluding hydrogens is 454 g/mol. The first-order valence-electron chi connectivity index (χ1n) is 11.6. The van der Waals surface area contributed by atoms with Gasteiger partial charge < -0.3 is 36.0 Å². The van der Waals surface area contributed by atoms with Gasteiger partial charge in [0.1, 0.15) is 22.8 Å². The number of aliphatic hydroxyl groups is 3. The van der Waals surface area contributed by atoms with Gasteiger partial charge in [-0.1, -0.05) is 0 Å². The molecule has 4 aliphatic rings. The summed E-state index contributed by atoms with van der Waals surface area (Å²) in [6.07, 6.45) is 1.03. The fourth-order valence-electron chi connectivity index (χ4n) is 6.53. The number of anilines is 1. The summed E-state index contributed by atoms with van der Waals surface area (Å²) < 4.78 is 0. The van der Waals surface area contributed by atoms with Crippen molar-refractivity contribution in [1.29, 1.82) is 0 Å². The van der Waals surface area contributed by atoms with Gasteiger partial charge in [-0.2, -0.15) is 0 Å². The Kier molecular flexibility index (Phi) is 5.05. The molecule has 1 heterocycles. The topological polar surface area (TPSA) is 165 Å². The highest BCUT2D eigenvalue weighted by Crippen LogP contribution is 2.54. The lowest BCUT2D eigenvalue weighted by molar-refractivity contribution is -0.144. The molecule has 0 aromatic heterocycles. The summed E-state index contributed by atoms with van der Waals surface area (Å²) in [6, 6.07) is 1.64. The fourth-order valence-corrected chi connectivity index (χ4v) is 6.53. The second kappa shape index (κ2) is 7.56. The third-order valence-corrected chi connectivity index (χ3v) is 8.17. The van der Waals surface area contributed by atoms with Crippen LogP contribution in [0.25, 0.3) is 0 Å². The molecule has 0 radical (unpaired) electrons. The summed E-state index contributed by atoms with van der Waals surface area (Å²) >= 11 is 0. The van der Waals surface area contributed by atoms with E-state index in [0.29, 0.717) is 12.0 Å². The number of Topliss-reactive ketones (excluding diaryl/α,β-unsaturated/α-hetero) is 2. The standard InChI is InChI=1S/C25H29N3O7/c1-27(2)14-4-5-28(3)20-12(14)9-16(30)18-13(20)7-10-6-11-8-15(29)19(24(26)34)23(33)25(11,35)22(32)17(10)21(18)31/h9-11,14,29-30,32,35H,4-8H2,1-3H3,(H2,26,34)/t10?,11?,14?,25-/m0/s1. The lowest BCUT2D eigenvalue weighted by Gasteiger charge is -2.46. The molecule has 1 amide bonds. The van der Waals surface area contributed by atoms with Crippen LogP contribution in [0.4, 0.5) is 5.69 Å². The zero-order valence-electron chi connectivity index (χ0n) is 19.8. The Morgan fingerprint density at radius 2 is 1.89 bits per heavy atom. The first kappa shape index (κ1) is 23.4. The monoisotopic (exact) mass is 483 g/mol. The minimum absolute atomic E-state index is 0.0478. The molecule has 35 heavy (non-hydrogen) atoms. The lowest BCUT2D eigenvalue weighted by atomic mass is 9.60. The highest BCUT2D eigenvalue weighted by molar-refractivity contribution is 6.24. The maximum Gasteiger partial charge on any atom is 0.255 e. The first-order chi connectivity index (χ1) is 16.4. The van der Waals surface area contributed by atoms with E-state index in [1.165, 1.54) is 0 Å². The number of benzene rings is 1. The molecule has 0 fully saturated rings. The van der Waals surface area contributed by atoms with Crippen molar-refractivity contribution in [3.8, 4) is 5.75 Å². The van der Waals surface area contributed by atoms with Crippen molar-refractivity contribution in [2.24, 2.45) is 17.6 Å². The Morgan fingerprint density at radius 1 is 1.20 bits per heavy atom. The molecule has 4 atom stereocenters. The Hall–Kier alpha value is -3.37. The third kappa shape index (κ3) is 2.99. The largest absolute Gasteiger partial charge is 0.511 e. The van der Waals surface area contributed by atoms with Crippen molar-refractivity contribution in [2.75, 3.05) is 32.6 Å². The molecule has 0 bridgehead atoms. The smallest absolute Gasteiger partial charge is 0.255 e. The van der Waals surface area contributed by atoms with E-state index >= 15 is 0 Å². The summed E-state index contributed by atoms with van der Waals surface area (Å²) in [7, 11) is 5.86. The second-order valence-electron chi connectivity index (χ2n) is 10.3. The molecule has 1 aromatic rings. The Labute approximate surface area is 201 Å². The molecular formula is C25H29N3O7. The minimum Gasteiger partial charge on any atom is -0.511 e. The number of phenols is 1. The zero-order chi connectivity index (χ0) is 25.6. The van der Waals surface area contributed by atoms with E-state index in [2.05, 4.69) is 9.80 Å². The number of aliphatic hydroxyl groups excluding tert-OH is 2. The summed E-state index contributed by atoms with van der Waals surface area (Å²) in [5.41, 5.74) is 4.27. The molecule has 5 rings (SSSR count). The summed E-state index contributed by atoms with van der Waals surface area (Å²) in [6.45, 7) is 0.755. The van der Waals surface area contributed by atoms with Crippen LogP contribution in [-0.4, -0.2) is 76.1 Å². The van der Waals surface area contributed by atoms with Gasteiger partial charge in [-0.25, -0.2) is 0 Å². The summed E-state index contributed by atoms with van der Waals surface area (Å²) in [5.74, 6) is -6.16. The summed E-state index contributed by atoms with van der Waals surface area (Å²) in [4.78, 5) is 42.6. The van der Waals surface area contributed by atoms with Gasteiger partial charge in [0.05, 0.1) is 5.56 Å². The van der Waals surface area contributed by atoms with E-state index in [1.807, 2.05) is 21.1 Å². The van der Waals surface area contributed by atoms with Gasteiger partial charge in [-0.3, -0.25) is 14.4 Å². The number of primary amides is 1. The normalized spacial score (nSPS) is 30.2. The number of hydrogen-bond donors (Lipinski definition) is 5. The van der Waals surface area contributed by atoms with E-state index < -0.39 is 52.0 Å². The van der Waals surface area contributed by atoms with Crippen LogP contribution >= 0.6 is 0 Å². The number of aromatic hydroxyl groups is 1. The van der Waals surface area contributed by atoms with Crippen LogP contribution in [-0.2, 0) is 16.0 Å². The summed E-state index contributed by atoms with van der Waals surface area (Å²) in [5, 5.41) is 43.7. The van der Waals surface area contributed by atoms with E-state index in [1.54, 1.807) is 6.07 Å². The molecule has 0 saturated heterocycles. The van der Waals surface area contributed by atoms with Crippen LogP contribution < -0.4 is 10.6 Å². The SMILES string of the molecule is CN1CCC(N(C)C)c2cc(O)c3c(c21)CC1CC2CC(O)=C(C(N)=O)C(=O)[C@@]2(O)C(O)=C1C3=O. The predicted molar refractivity (Wildman–Crippen MR) is 125 cm³/mol. The molecule has 0 saturated carbocycles. The molecule has 0 spiro atoms. The van der Waals surface area contributed by atoms with Crippen molar-refractivity contribution in [3.05, 3.63) is 45.4 Å². The zero-order valence-corrected chi connectivity index (χ0v) is 19.8. The van der Waals surface area contributed by atoms with Gasteiger partial charge in [0, 0.05) is 43.2 Å². The Morgan fingerprint density at radius 3 is 2.51 bits per heavy atom. The maximum atomic E-state index is 13.7. The van der Waals surface area contributed by atoms with E-state index in [9.17, 15) is 34.8 Å². The highest BCUT2D eigenvalue weighted by Gasteiger charge is 2.59. The molecule has 10 heteroatoms. The van der Waals surface area contributed by atoms with Crippen molar-refractivity contribution in [1.82, 2.24) is 4.90 Å². The number of carbonyl (C=O) groups excluding carboxylic acids is 3. The van der Waals surface area contributed by atoms with Crippen LogP contribution in [0.5, 0.6) is 5.75 Å². The van der Waals surface area contributed by atoms with Crippen LogP contribution in [0.2, 0.25) is 0 Å². The average Bonchev–Trinajstić information content (AvgIpc) is 2.75. The van der Waals surface area contributed by atoms with Gasteiger partial charge in [-0.15, -0.1) is 0 Å². The van der Waals surface area contributed by atoms with Gasteiger partial charge >= 0.3 is 0 Å². The molecule has 186 valence electrons. The second-order valence-corrected chi connectivity index (χ2v) is 10.3. The minimum atomic E-state index is -2.55. The van der Waals surface area contributed by atoms with E-state index in [-0.39, 0.29) is 35.8 Å². The first-order valence-corrected chi connectivity index (χ1v) is 11.6. The number of ketones is 2. The quantitative estimate of drug-likeness (QED) is 0.386. The van der Waals surface area contributed by atoms with Gasteiger partial charge in [-0.05, 0) is 56.5 Å². The molecule has 3 aliphatic carbocycles. The van der Waals surface area contributed by atoms with Gasteiger partial charge in [0.15, 0.2) is 11.4 Å². The number of fused-ring (bicyclic) bond motifs is 5. The Bertz CT molecular complexity index is 1260. The van der Waals surface area contributed by atoms with Crippen molar-refractivity contribution in [3.63, 3.8) is 0 Å². The van der Waals surface area contributed by atoms with E-state index in [0.717, 1.165) is 24.2 Å². The highest BCUT2D eigenvalue weighted by atomic mass is 16.3. The number of amides is 1. The molecule has 3 unspecified atom stereocenters. The molecule has 1 aliphatic heterocycles. The van der Waals surface area contributed by atoms with Crippen LogP contribution in [0, 0.1) is 11.8 Å². The maximum absolute atomic E-state index is 13.7. The fraction of sp³-hybridized carbons (Fsp3) is 0.480. The number of rotatable bonds is 2.